The molecule has 5 nitrogen and oxygen atoms in total. The Morgan fingerprint density at radius 1 is 1.00 bits per heavy atom. The molecular weight excluding hydrogens is 348 g/mol. The third-order valence-corrected chi connectivity index (χ3v) is 6.75. The minimum absolute atomic E-state index is 0.0111. The number of carbonyl (C=O) groups is 1. The molecule has 138 valence electrons. The van der Waals surface area contributed by atoms with E-state index < -0.39 is 10.0 Å². The number of benzene rings is 2. The van der Waals surface area contributed by atoms with Gasteiger partial charge in [0.25, 0.3) is 15.9 Å². The van der Waals surface area contributed by atoms with E-state index in [-0.39, 0.29) is 10.8 Å². The molecule has 0 unspecified atom stereocenters. The molecule has 0 saturated carbocycles. The lowest BCUT2D eigenvalue weighted by molar-refractivity contribution is 0.0697. The molecule has 0 aliphatic carbocycles. The molecule has 1 fully saturated rings. The average Bonchev–Trinajstić information content (AvgIpc) is 2.68. The predicted octanol–water partition coefficient (Wildman–Crippen LogP) is 3.38. The number of amides is 1. The molecular formula is C20H24N2O3S. The molecule has 0 aromatic heterocycles. The molecule has 2 aromatic carbocycles. The number of hydrogen-bond donors (Lipinski definition) is 0. The summed E-state index contributed by atoms with van der Waals surface area (Å²) in [7, 11) is -2.09. The van der Waals surface area contributed by atoms with E-state index >= 15 is 0 Å². The first-order valence-corrected chi connectivity index (χ1v) is 10.3. The van der Waals surface area contributed by atoms with Crippen molar-refractivity contribution in [2.45, 2.75) is 24.7 Å². The smallest absolute Gasteiger partial charge is 0.264 e. The van der Waals surface area contributed by atoms with E-state index in [1.807, 2.05) is 4.90 Å². The van der Waals surface area contributed by atoms with Crippen molar-refractivity contribution < 1.29 is 13.2 Å². The van der Waals surface area contributed by atoms with Crippen molar-refractivity contribution in [3.05, 3.63) is 60.2 Å². The molecule has 0 spiro atoms. The maximum Gasteiger partial charge on any atom is 0.264 e. The van der Waals surface area contributed by atoms with Crippen LogP contribution in [0.2, 0.25) is 0 Å². The second kappa shape index (κ2) is 7.50. The second-order valence-electron chi connectivity index (χ2n) is 6.81. The normalized spacial score (nSPS) is 15.7. The van der Waals surface area contributed by atoms with Gasteiger partial charge in [-0.2, -0.15) is 0 Å². The third kappa shape index (κ3) is 3.75. The van der Waals surface area contributed by atoms with E-state index in [4.69, 9.17) is 0 Å². The van der Waals surface area contributed by atoms with Crippen LogP contribution in [0.4, 0.5) is 5.69 Å². The quantitative estimate of drug-likeness (QED) is 0.827. The molecule has 0 atom stereocenters. The standard InChI is InChI=1S/C20H24N2O3S/c1-16-12-14-22(15-13-16)20(23)17-8-10-18(11-9-17)21(2)26(24,25)19-6-4-3-5-7-19/h3-11,16H,12-15H2,1-2H3. The first-order chi connectivity index (χ1) is 12.4. The van der Waals surface area contributed by atoms with Crippen LogP contribution >= 0.6 is 0 Å². The Labute approximate surface area is 155 Å². The maximum absolute atomic E-state index is 12.7. The fourth-order valence-corrected chi connectivity index (χ4v) is 4.31. The van der Waals surface area contributed by atoms with E-state index in [0.29, 0.717) is 17.2 Å². The van der Waals surface area contributed by atoms with Crippen LogP contribution in [-0.4, -0.2) is 39.4 Å². The van der Waals surface area contributed by atoms with Crippen LogP contribution in [0.25, 0.3) is 0 Å². The van der Waals surface area contributed by atoms with Gasteiger partial charge in [-0.3, -0.25) is 9.10 Å². The summed E-state index contributed by atoms with van der Waals surface area (Å²) in [5, 5.41) is 0. The zero-order valence-electron chi connectivity index (χ0n) is 15.1. The van der Waals surface area contributed by atoms with E-state index in [2.05, 4.69) is 6.92 Å². The molecule has 0 radical (unpaired) electrons. The lowest BCUT2D eigenvalue weighted by Gasteiger charge is -2.30. The Balaban J connectivity index is 1.76. The summed E-state index contributed by atoms with van der Waals surface area (Å²) in [6.07, 6.45) is 2.06. The van der Waals surface area contributed by atoms with Gasteiger partial charge in [0.2, 0.25) is 0 Å². The number of anilines is 1. The molecule has 0 bridgehead atoms. The van der Waals surface area contributed by atoms with Crippen molar-refractivity contribution >= 4 is 21.6 Å². The molecule has 1 aliphatic rings. The van der Waals surface area contributed by atoms with Crippen molar-refractivity contribution in [3.63, 3.8) is 0 Å². The summed E-state index contributed by atoms with van der Waals surface area (Å²) in [5.41, 5.74) is 1.12. The highest BCUT2D eigenvalue weighted by molar-refractivity contribution is 7.92. The van der Waals surface area contributed by atoms with Crippen molar-refractivity contribution in [3.8, 4) is 0 Å². The van der Waals surface area contributed by atoms with Gasteiger partial charge in [-0.1, -0.05) is 25.1 Å². The minimum Gasteiger partial charge on any atom is -0.339 e. The molecule has 3 rings (SSSR count). The first-order valence-electron chi connectivity index (χ1n) is 8.83. The van der Waals surface area contributed by atoms with Gasteiger partial charge in [0.15, 0.2) is 0 Å². The molecule has 2 aromatic rings. The van der Waals surface area contributed by atoms with Gasteiger partial charge >= 0.3 is 0 Å². The van der Waals surface area contributed by atoms with Crippen molar-refractivity contribution in [1.29, 1.82) is 0 Å². The molecule has 1 heterocycles. The molecule has 26 heavy (non-hydrogen) atoms. The van der Waals surface area contributed by atoms with Crippen LogP contribution < -0.4 is 4.31 Å². The van der Waals surface area contributed by atoms with Crippen LogP contribution in [0.1, 0.15) is 30.1 Å². The Bertz CT molecular complexity index is 856. The number of carbonyl (C=O) groups excluding carboxylic acids is 1. The van der Waals surface area contributed by atoms with Gasteiger partial charge < -0.3 is 4.90 Å². The molecule has 1 amide bonds. The highest BCUT2D eigenvalue weighted by Crippen LogP contribution is 2.23. The lowest BCUT2D eigenvalue weighted by atomic mass is 9.98. The molecule has 1 aliphatic heterocycles. The van der Waals surface area contributed by atoms with E-state index in [0.717, 1.165) is 25.9 Å². The number of hydrogen-bond acceptors (Lipinski definition) is 3. The van der Waals surface area contributed by atoms with Crippen molar-refractivity contribution in [2.24, 2.45) is 5.92 Å². The lowest BCUT2D eigenvalue weighted by Crippen LogP contribution is -2.37. The topological polar surface area (TPSA) is 57.7 Å². The summed E-state index contributed by atoms with van der Waals surface area (Å²) >= 11 is 0. The largest absolute Gasteiger partial charge is 0.339 e. The summed E-state index contributed by atoms with van der Waals surface area (Å²) in [6.45, 7) is 3.77. The predicted molar refractivity (Wildman–Crippen MR) is 103 cm³/mol. The van der Waals surface area contributed by atoms with Gasteiger partial charge in [-0.05, 0) is 55.2 Å². The summed E-state index contributed by atoms with van der Waals surface area (Å²) in [6, 6.07) is 15.1. The maximum atomic E-state index is 12.7. The third-order valence-electron chi connectivity index (χ3n) is 4.95. The minimum atomic E-state index is -3.61. The SMILES string of the molecule is CC1CCN(C(=O)c2ccc(N(C)S(=O)(=O)c3ccccc3)cc2)CC1. The second-order valence-corrected chi connectivity index (χ2v) is 8.78. The van der Waals surface area contributed by atoms with Gasteiger partial charge in [0, 0.05) is 25.7 Å². The highest BCUT2D eigenvalue weighted by atomic mass is 32.2. The van der Waals surface area contributed by atoms with Crippen molar-refractivity contribution in [1.82, 2.24) is 4.90 Å². The van der Waals surface area contributed by atoms with Gasteiger partial charge in [0.05, 0.1) is 10.6 Å². The Morgan fingerprint density at radius 3 is 2.15 bits per heavy atom. The number of piperidine rings is 1. The van der Waals surface area contributed by atoms with Gasteiger partial charge in [0.1, 0.15) is 0 Å². The Hall–Kier alpha value is -2.34. The summed E-state index contributed by atoms with van der Waals surface area (Å²) in [4.78, 5) is 14.7. The molecule has 0 N–H and O–H groups in total. The van der Waals surface area contributed by atoms with E-state index in [1.54, 1.807) is 54.6 Å². The number of likely N-dealkylation sites (tertiary alicyclic amines) is 1. The average molecular weight is 372 g/mol. The van der Waals surface area contributed by atoms with Crippen LogP contribution in [0.5, 0.6) is 0 Å². The Kier molecular flexibility index (Phi) is 5.32. The zero-order chi connectivity index (χ0) is 18.7. The number of sulfonamides is 1. The van der Waals surface area contributed by atoms with E-state index in [1.165, 1.54) is 11.4 Å². The van der Waals surface area contributed by atoms with Crippen LogP contribution in [0.3, 0.4) is 0 Å². The fraction of sp³-hybridized carbons (Fsp3) is 0.350. The van der Waals surface area contributed by atoms with E-state index in [9.17, 15) is 13.2 Å². The van der Waals surface area contributed by atoms with Crippen LogP contribution in [-0.2, 0) is 10.0 Å². The van der Waals surface area contributed by atoms with Crippen LogP contribution in [0.15, 0.2) is 59.5 Å². The van der Waals surface area contributed by atoms with Gasteiger partial charge in [-0.25, -0.2) is 8.42 Å². The Morgan fingerprint density at radius 2 is 1.58 bits per heavy atom. The van der Waals surface area contributed by atoms with Crippen molar-refractivity contribution in [2.75, 3.05) is 24.4 Å². The fourth-order valence-electron chi connectivity index (χ4n) is 3.10. The zero-order valence-corrected chi connectivity index (χ0v) is 15.9. The highest BCUT2D eigenvalue weighted by Gasteiger charge is 2.23. The number of rotatable bonds is 4. The summed E-state index contributed by atoms with van der Waals surface area (Å²) in [5.74, 6) is 0.676. The van der Waals surface area contributed by atoms with Crippen LogP contribution in [0, 0.1) is 5.92 Å². The monoisotopic (exact) mass is 372 g/mol. The number of nitrogens with zero attached hydrogens (tertiary/aromatic N) is 2. The first kappa shape index (κ1) is 18.5. The van der Waals surface area contributed by atoms with Gasteiger partial charge in [-0.15, -0.1) is 0 Å². The molecule has 1 saturated heterocycles. The summed E-state index contributed by atoms with van der Waals surface area (Å²) < 4.78 is 26.6. The molecule has 6 heteroatoms.